The number of hydrogen-bond acceptors (Lipinski definition) is 2. The second kappa shape index (κ2) is 4.38. The van der Waals surface area contributed by atoms with E-state index in [-0.39, 0.29) is 0 Å². The van der Waals surface area contributed by atoms with Crippen molar-refractivity contribution in [1.82, 2.24) is 0 Å². The van der Waals surface area contributed by atoms with Crippen molar-refractivity contribution in [3.05, 3.63) is 5.53 Å². The van der Waals surface area contributed by atoms with Gasteiger partial charge in [0.25, 0.3) is 6.21 Å². The fraction of sp³-hybridized carbons (Fsp3) is 0.750. The average Bonchev–Trinajstić information content (AvgIpc) is 1.82. The second-order valence-electron chi connectivity index (χ2n) is 1.47. The molecular formula is C4H7N2O2S-. The standard InChI is InChI=1S/C4H8N2O2S/c1-2-4(3-6-5)9(7)8/h3-4H,2H2,1H3,(H,7,8)/p-1. The summed E-state index contributed by atoms with van der Waals surface area (Å²) in [6.45, 7) is 1.70. The molecule has 0 aromatic carbocycles. The van der Waals surface area contributed by atoms with Crippen molar-refractivity contribution < 1.29 is 13.6 Å². The highest BCUT2D eigenvalue weighted by atomic mass is 32.2. The summed E-state index contributed by atoms with van der Waals surface area (Å²) in [5, 5.41) is -0.657. The second-order valence-corrected chi connectivity index (χ2v) is 2.60. The predicted octanol–water partition coefficient (Wildman–Crippen LogP) is -0.0553. The molecule has 0 aliphatic heterocycles. The molecule has 0 saturated carbocycles. The van der Waals surface area contributed by atoms with Crippen molar-refractivity contribution in [3.63, 3.8) is 0 Å². The predicted molar refractivity (Wildman–Crippen MR) is 32.7 cm³/mol. The van der Waals surface area contributed by atoms with E-state index in [1.807, 2.05) is 0 Å². The van der Waals surface area contributed by atoms with Crippen LogP contribution in [0.25, 0.3) is 5.53 Å². The Kier molecular flexibility index (Phi) is 4.13. The van der Waals surface area contributed by atoms with Crippen LogP contribution in [0.1, 0.15) is 13.3 Å². The molecule has 0 aliphatic carbocycles. The first-order valence-electron chi connectivity index (χ1n) is 2.48. The van der Waals surface area contributed by atoms with Gasteiger partial charge < -0.3 is 10.1 Å². The lowest BCUT2D eigenvalue weighted by Crippen LogP contribution is -2.15. The van der Waals surface area contributed by atoms with Crippen LogP contribution >= 0.6 is 0 Å². The maximum Gasteiger partial charge on any atom is 0.271 e. The molecule has 0 aliphatic rings. The van der Waals surface area contributed by atoms with Crippen LogP contribution in [0.2, 0.25) is 0 Å². The molecule has 4 nitrogen and oxygen atoms in total. The van der Waals surface area contributed by atoms with Gasteiger partial charge in [0.2, 0.25) is 0 Å². The normalized spacial score (nSPS) is 15.8. The summed E-state index contributed by atoms with van der Waals surface area (Å²) < 4.78 is 20.2. The first kappa shape index (κ1) is 8.49. The van der Waals surface area contributed by atoms with Crippen LogP contribution in [0.4, 0.5) is 0 Å². The molecular weight excluding hydrogens is 140 g/mol. The van der Waals surface area contributed by atoms with Crippen molar-refractivity contribution in [3.8, 4) is 0 Å². The maximum absolute atomic E-state index is 10.1. The minimum absolute atomic E-state index is 0.431. The molecule has 0 rings (SSSR count). The largest absolute Gasteiger partial charge is 0.772 e. The van der Waals surface area contributed by atoms with E-state index in [4.69, 9.17) is 5.53 Å². The summed E-state index contributed by atoms with van der Waals surface area (Å²) in [4.78, 5) is 2.61. The van der Waals surface area contributed by atoms with E-state index in [0.717, 1.165) is 6.21 Å². The van der Waals surface area contributed by atoms with Gasteiger partial charge in [-0.15, -0.1) is 0 Å². The summed E-state index contributed by atoms with van der Waals surface area (Å²) >= 11 is -2.16. The Bertz CT molecular complexity index is 151. The van der Waals surface area contributed by atoms with Crippen molar-refractivity contribution in [2.75, 3.05) is 0 Å². The molecule has 0 saturated heterocycles. The van der Waals surface area contributed by atoms with E-state index in [1.165, 1.54) is 0 Å². The van der Waals surface area contributed by atoms with Crippen molar-refractivity contribution >= 4 is 17.3 Å². The molecule has 2 atom stereocenters. The molecule has 0 aromatic heterocycles. The van der Waals surface area contributed by atoms with Gasteiger partial charge in [-0.2, -0.15) is 4.79 Å². The van der Waals surface area contributed by atoms with Crippen molar-refractivity contribution in [1.29, 1.82) is 0 Å². The third-order valence-electron chi connectivity index (χ3n) is 0.882. The van der Waals surface area contributed by atoms with Gasteiger partial charge in [-0.05, 0) is 17.5 Å². The van der Waals surface area contributed by atoms with Crippen LogP contribution in [-0.2, 0) is 11.1 Å². The van der Waals surface area contributed by atoms with Crippen LogP contribution in [0.15, 0.2) is 0 Å². The molecule has 0 N–H and O–H groups in total. The minimum atomic E-state index is -2.16. The van der Waals surface area contributed by atoms with Crippen molar-refractivity contribution in [2.24, 2.45) is 0 Å². The summed E-state index contributed by atoms with van der Waals surface area (Å²) in [6, 6.07) is 0. The molecule has 9 heavy (non-hydrogen) atoms. The molecule has 0 fully saturated rings. The zero-order valence-corrected chi connectivity index (χ0v) is 5.80. The molecule has 0 aromatic rings. The molecule has 0 amide bonds. The molecule has 2 unspecified atom stereocenters. The molecule has 0 heterocycles. The van der Waals surface area contributed by atoms with Gasteiger partial charge in [0.05, 0.1) is 0 Å². The third-order valence-corrected chi connectivity index (χ3v) is 1.83. The lowest BCUT2D eigenvalue weighted by Gasteiger charge is -2.06. The Balaban J connectivity index is 3.98. The van der Waals surface area contributed by atoms with E-state index < -0.39 is 16.3 Å². The maximum atomic E-state index is 10.1. The lowest BCUT2D eigenvalue weighted by atomic mass is 10.4. The van der Waals surface area contributed by atoms with E-state index in [9.17, 15) is 8.76 Å². The monoisotopic (exact) mass is 147 g/mol. The summed E-state index contributed by atoms with van der Waals surface area (Å²) in [5.41, 5.74) is 7.91. The Morgan fingerprint density at radius 2 is 2.56 bits per heavy atom. The topological polar surface area (TPSA) is 76.5 Å². The van der Waals surface area contributed by atoms with Gasteiger partial charge in [0.15, 0.2) is 0 Å². The van der Waals surface area contributed by atoms with Crippen LogP contribution in [-0.4, -0.2) is 25.0 Å². The molecule has 5 heteroatoms. The smallest absolute Gasteiger partial charge is 0.271 e. The van der Waals surface area contributed by atoms with E-state index in [1.54, 1.807) is 6.92 Å². The molecule has 52 valence electrons. The van der Waals surface area contributed by atoms with E-state index >= 15 is 0 Å². The zero-order chi connectivity index (χ0) is 7.28. The van der Waals surface area contributed by atoms with Crippen LogP contribution in [0.3, 0.4) is 0 Å². The van der Waals surface area contributed by atoms with Gasteiger partial charge in [-0.3, -0.25) is 4.21 Å². The third kappa shape index (κ3) is 3.13. The van der Waals surface area contributed by atoms with Crippen LogP contribution in [0, 0.1) is 0 Å². The highest BCUT2D eigenvalue weighted by Gasteiger charge is 2.05. The quantitative estimate of drug-likeness (QED) is 0.243. The van der Waals surface area contributed by atoms with E-state index in [2.05, 4.69) is 4.79 Å². The van der Waals surface area contributed by atoms with Crippen LogP contribution < -0.4 is 0 Å². The molecule has 0 radical (unpaired) electrons. The lowest BCUT2D eigenvalue weighted by molar-refractivity contribution is 0.00113. The fourth-order valence-electron chi connectivity index (χ4n) is 0.366. The number of nitrogens with zero attached hydrogens (tertiary/aromatic N) is 2. The van der Waals surface area contributed by atoms with Gasteiger partial charge in [-0.1, -0.05) is 6.92 Å². The Morgan fingerprint density at radius 1 is 2.00 bits per heavy atom. The Hall–Kier alpha value is -0.510. The molecule has 0 spiro atoms. The summed E-state index contributed by atoms with van der Waals surface area (Å²) in [6.07, 6.45) is 1.42. The average molecular weight is 147 g/mol. The number of hydrogen-bond donors (Lipinski definition) is 0. The van der Waals surface area contributed by atoms with Crippen molar-refractivity contribution in [2.45, 2.75) is 18.6 Å². The van der Waals surface area contributed by atoms with Crippen LogP contribution in [0.5, 0.6) is 0 Å². The SMILES string of the molecule is CCC(C=[N+]=[N-])S(=O)[O-]. The molecule has 0 bridgehead atoms. The zero-order valence-electron chi connectivity index (χ0n) is 4.98. The van der Waals surface area contributed by atoms with Gasteiger partial charge in [-0.25, -0.2) is 0 Å². The van der Waals surface area contributed by atoms with E-state index in [0.29, 0.717) is 6.42 Å². The fourth-order valence-corrected chi connectivity index (χ4v) is 0.792. The minimum Gasteiger partial charge on any atom is -0.772 e. The highest BCUT2D eigenvalue weighted by molar-refractivity contribution is 7.80. The number of rotatable bonds is 3. The first-order valence-corrected chi connectivity index (χ1v) is 3.61. The Morgan fingerprint density at radius 3 is 2.67 bits per heavy atom. The van der Waals surface area contributed by atoms with Gasteiger partial charge >= 0.3 is 0 Å². The first-order chi connectivity index (χ1) is 4.22. The Labute approximate surface area is 55.8 Å². The highest BCUT2D eigenvalue weighted by Crippen LogP contribution is 1.93. The summed E-state index contributed by atoms with van der Waals surface area (Å²) in [5.74, 6) is 0. The van der Waals surface area contributed by atoms with Gasteiger partial charge in [0.1, 0.15) is 5.25 Å². The van der Waals surface area contributed by atoms with Gasteiger partial charge in [0, 0.05) is 0 Å². The summed E-state index contributed by atoms with van der Waals surface area (Å²) in [7, 11) is 0.